The van der Waals surface area contributed by atoms with Crippen molar-refractivity contribution in [3.05, 3.63) is 70.8 Å². The molecule has 2 rings (SSSR count). The van der Waals surface area contributed by atoms with Crippen molar-refractivity contribution in [1.82, 2.24) is 0 Å². The smallest absolute Gasteiger partial charge is 0.416 e. The third-order valence-electron chi connectivity index (χ3n) is 4.15. The topological polar surface area (TPSA) is 52.6 Å². The normalized spacial score (nSPS) is 11.8. The summed E-state index contributed by atoms with van der Waals surface area (Å²) in [6, 6.07) is 7.31. The molecular formula is C21H18F6O4. The lowest BCUT2D eigenvalue weighted by Crippen LogP contribution is -2.10. The van der Waals surface area contributed by atoms with Crippen LogP contribution in [0.1, 0.15) is 51.1 Å². The number of carbonyl (C=O) groups excluding carboxylic acids is 2. The van der Waals surface area contributed by atoms with Gasteiger partial charge in [-0.05, 0) is 67.8 Å². The van der Waals surface area contributed by atoms with E-state index in [0.29, 0.717) is 19.3 Å². The molecule has 0 atom stereocenters. The monoisotopic (exact) mass is 448 g/mol. The van der Waals surface area contributed by atoms with Gasteiger partial charge in [-0.15, -0.1) is 0 Å². The minimum atomic E-state index is -4.49. The average Bonchev–Trinajstić information content (AvgIpc) is 2.71. The van der Waals surface area contributed by atoms with E-state index in [9.17, 15) is 35.9 Å². The van der Waals surface area contributed by atoms with E-state index in [1.807, 2.05) is 0 Å². The fourth-order valence-electron chi connectivity index (χ4n) is 2.47. The molecule has 0 aliphatic rings. The number of hydrogen-bond acceptors (Lipinski definition) is 4. The van der Waals surface area contributed by atoms with Gasteiger partial charge in [0, 0.05) is 0 Å². The molecule has 4 nitrogen and oxygen atoms in total. The number of unbranched alkanes of at least 4 members (excludes halogenated alkanes) is 2. The number of benzene rings is 2. The summed E-state index contributed by atoms with van der Waals surface area (Å²) in [7, 11) is 0. The van der Waals surface area contributed by atoms with Crippen molar-refractivity contribution >= 4 is 11.9 Å². The van der Waals surface area contributed by atoms with E-state index in [2.05, 4.69) is 0 Å². The Kier molecular flexibility index (Phi) is 8.07. The maximum Gasteiger partial charge on any atom is 0.416 e. The molecule has 0 N–H and O–H groups in total. The summed E-state index contributed by atoms with van der Waals surface area (Å²) in [4.78, 5) is 23.6. The van der Waals surface area contributed by atoms with Gasteiger partial charge in [-0.3, -0.25) is 0 Å². The molecule has 0 aliphatic carbocycles. The van der Waals surface area contributed by atoms with Gasteiger partial charge in [0.2, 0.25) is 0 Å². The Morgan fingerprint density at radius 1 is 0.581 bits per heavy atom. The van der Waals surface area contributed by atoms with Crippen molar-refractivity contribution in [2.24, 2.45) is 0 Å². The lowest BCUT2D eigenvalue weighted by molar-refractivity contribution is -0.138. The zero-order valence-corrected chi connectivity index (χ0v) is 16.1. The van der Waals surface area contributed by atoms with E-state index >= 15 is 0 Å². The molecular weight excluding hydrogens is 430 g/mol. The third kappa shape index (κ3) is 7.62. The number of alkyl halides is 6. The maximum absolute atomic E-state index is 12.5. The molecule has 0 radical (unpaired) electrons. The Hall–Kier alpha value is -3.04. The van der Waals surface area contributed by atoms with Gasteiger partial charge in [0.1, 0.15) is 0 Å². The number of rotatable bonds is 8. The fraction of sp³-hybridized carbons (Fsp3) is 0.333. The van der Waals surface area contributed by atoms with Crippen LogP contribution in [0.5, 0.6) is 0 Å². The van der Waals surface area contributed by atoms with Crippen molar-refractivity contribution < 1.29 is 45.4 Å². The number of esters is 2. The van der Waals surface area contributed by atoms with Gasteiger partial charge >= 0.3 is 24.3 Å². The molecule has 31 heavy (non-hydrogen) atoms. The van der Waals surface area contributed by atoms with Crippen LogP contribution in [0, 0.1) is 0 Å². The second-order valence-electron chi connectivity index (χ2n) is 6.48. The van der Waals surface area contributed by atoms with Crippen LogP contribution in [0.3, 0.4) is 0 Å². The van der Waals surface area contributed by atoms with Crippen LogP contribution in [0.4, 0.5) is 26.3 Å². The van der Waals surface area contributed by atoms with Crippen LogP contribution >= 0.6 is 0 Å². The van der Waals surface area contributed by atoms with E-state index in [0.717, 1.165) is 48.5 Å². The van der Waals surface area contributed by atoms with Gasteiger partial charge in [-0.1, -0.05) is 0 Å². The minimum absolute atomic E-state index is 0.00142. The van der Waals surface area contributed by atoms with E-state index in [4.69, 9.17) is 9.47 Å². The Bertz CT molecular complexity index is 797. The first-order valence-corrected chi connectivity index (χ1v) is 9.17. The first kappa shape index (κ1) is 24.2. The van der Waals surface area contributed by atoms with Crippen molar-refractivity contribution in [1.29, 1.82) is 0 Å². The van der Waals surface area contributed by atoms with E-state index in [-0.39, 0.29) is 24.3 Å². The Morgan fingerprint density at radius 2 is 0.903 bits per heavy atom. The standard InChI is InChI=1S/C21H18F6O4/c22-20(23,24)16-8-4-14(5-9-16)18(28)30-12-2-1-3-13-31-19(29)15-6-10-17(11-7-15)21(25,26)27/h4-11H,1-3,12-13H2. The second kappa shape index (κ2) is 10.3. The van der Waals surface area contributed by atoms with Gasteiger partial charge in [-0.2, -0.15) is 26.3 Å². The molecule has 2 aromatic rings. The quantitative estimate of drug-likeness (QED) is 0.286. The molecule has 0 spiro atoms. The summed E-state index contributed by atoms with van der Waals surface area (Å²) in [5.41, 5.74) is -1.73. The van der Waals surface area contributed by atoms with Gasteiger partial charge in [0.05, 0.1) is 35.5 Å². The molecule has 168 valence electrons. The number of carbonyl (C=O) groups is 2. The molecule has 2 aromatic carbocycles. The summed E-state index contributed by atoms with van der Waals surface area (Å²) in [5.74, 6) is -1.50. The Morgan fingerprint density at radius 3 is 1.19 bits per heavy atom. The summed E-state index contributed by atoms with van der Waals surface area (Å²) >= 11 is 0. The zero-order valence-electron chi connectivity index (χ0n) is 16.1. The molecule has 0 saturated carbocycles. The molecule has 0 bridgehead atoms. The SMILES string of the molecule is O=C(OCCCCCOC(=O)c1ccc(C(F)(F)F)cc1)c1ccc(C(F)(F)F)cc1. The number of hydrogen-bond donors (Lipinski definition) is 0. The van der Waals surface area contributed by atoms with Gasteiger partial charge in [0.25, 0.3) is 0 Å². The van der Waals surface area contributed by atoms with E-state index in [1.165, 1.54) is 0 Å². The largest absolute Gasteiger partial charge is 0.462 e. The van der Waals surface area contributed by atoms with Crippen molar-refractivity contribution in [3.8, 4) is 0 Å². The summed E-state index contributed by atoms with van der Waals surface area (Å²) in [6.45, 7) is 0.0689. The lowest BCUT2D eigenvalue weighted by atomic mass is 10.1. The van der Waals surface area contributed by atoms with Gasteiger partial charge in [-0.25, -0.2) is 9.59 Å². The molecule has 0 fully saturated rings. The number of ether oxygens (including phenoxy) is 2. The summed E-state index contributed by atoms with van der Waals surface area (Å²) < 4.78 is 84.9. The molecule has 0 aromatic heterocycles. The molecule has 0 saturated heterocycles. The van der Waals surface area contributed by atoms with E-state index < -0.39 is 35.4 Å². The zero-order chi connectivity index (χ0) is 23.1. The van der Waals surface area contributed by atoms with Crippen LogP contribution in [-0.4, -0.2) is 25.2 Å². The van der Waals surface area contributed by atoms with Crippen molar-refractivity contribution in [2.75, 3.05) is 13.2 Å². The number of halogens is 6. The van der Waals surface area contributed by atoms with Crippen molar-refractivity contribution in [3.63, 3.8) is 0 Å². The molecule has 0 heterocycles. The van der Waals surface area contributed by atoms with Gasteiger partial charge in [0.15, 0.2) is 0 Å². The van der Waals surface area contributed by atoms with Crippen LogP contribution < -0.4 is 0 Å². The summed E-state index contributed by atoms with van der Waals surface area (Å²) in [5, 5.41) is 0. The average molecular weight is 448 g/mol. The third-order valence-corrected chi connectivity index (χ3v) is 4.15. The predicted molar refractivity (Wildman–Crippen MR) is 97.3 cm³/mol. The van der Waals surface area contributed by atoms with Crippen LogP contribution in [0.15, 0.2) is 48.5 Å². The Balaban J connectivity index is 1.63. The molecule has 0 aliphatic heterocycles. The first-order chi connectivity index (χ1) is 14.5. The molecule has 10 heteroatoms. The van der Waals surface area contributed by atoms with Gasteiger partial charge < -0.3 is 9.47 Å². The highest BCUT2D eigenvalue weighted by Crippen LogP contribution is 2.30. The minimum Gasteiger partial charge on any atom is -0.462 e. The van der Waals surface area contributed by atoms with Crippen LogP contribution in [0.25, 0.3) is 0 Å². The highest BCUT2D eigenvalue weighted by atomic mass is 19.4. The van der Waals surface area contributed by atoms with Crippen molar-refractivity contribution in [2.45, 2.75) is 31.6 Å². The van der Waals surface area contributed by atoms with E-state index in [1.54, 1.807) is 0 Å². The maximum atomic E-state index is 12.5. The predicted octanol–water partition coefficient (Wildman–Crippen LogP) is 5.91. The molecule has 0 unspecified atom stereocenters. The van der Waals surface area contributed by atoms with Crippen LogP contribution in [0.2, 0.25) is 0 Å². The highest BCUT2D eigenvalue weighted by molar-refractivity contribution is 5.89. The second-order valence-corrected chi connectivity index (χ2v) is 6.48. The lowest BCUT2D eigenvalue weighted by Gasteiger charge is -2.09. The Labute approximate surface area is 173 Å². The first-order valence-electron chi connectivity index (χ1n) is 9.17. The fourth-order valence-corrected chi connectivity index (χ4v) is 2.47. The molecule has 0 amide bonds. The highest BCUT2D eigenvalue weighted by Gasteiger charge is 2.31. The van der Waals surface area contributed by atoms with Crippen LogP contribution in [-0.2, 0) is 21.8 Å². The summed E-state index contributed by atoms with van der Waals surface area (Å²) in [6.07, 6.45) is -7.58.